The molecule has 0 atom stereocenters. The van der Waals surface area contributed by atoms with E-state index in [1.165, 1.54) is 6.07 Å². The molecule has 1 aromatic carbocycles. The normalized spacial score (nSPS) is 19.8. The maximum absolute atomic E-state index is 13.9. The lowest BCUT2D eigenvalue weighted by Gasteiger charge is -2.33. The van der Waals surface area contributed by atoms with E-state index >= 15 is 0 Å². The number of rotatable bonds is 1. The molecular formula is C11H12BrClFNO. The number of hydrogen-bond donors (Lipinski definition) is 2. The molecule has 88 valence electrons. The molecule has 1 aromatic rings. The molecule has 0 amide bonds. The number of benzene rings is 1. The number of hydrogen-bond acceptors (Lipinski definition) is 2. The molecule has 0 unspecified atom stereocenters. The first-order valence-electron chi connectivity index (χ1n) is 5.11. The summed E-state index contributed by atoms with van der Waals surface area (Å²) in [5.74, 6) is -0.519. The lowest BCUT2D eigenvalue weighted by molar-refractivity contribution is 0.00272. The minimum atomic E-state index is -1.11. The summed E-state index contributed by atoms with van der Waals surface area (Å²) in [6, 6.07) is 3.09. The van der Waals surface area contributed by atoms with Crippen LogP contribution in [-0.2, 0) is 5.60 Å². The zero-order valence-corrected chi connectivity index (χ0v) is 10.9. The van der Waals surface area contributed by atoms with Crippen LogP contribution in [0.2, 0.25) is 5.02 Å². The van der Waals surface area contributed by atoms with E-state index in [-0.39, 0.29) is 10.6 Å². The summed E-state index contributed by atoms with van der Waals surface area (Å²) < 4.78 is 14.6. The molecule has 0 bridgehead atoms. The Morgan fingerprint density at radius 3 is 2.62 bits per heavy atom. The average molecular weight is 309 g/mol. The molecule has 1 fully saturated rings. The van der Waals surface area contributed by atoms with Crippen LogP contribution >= 0.6 is 27.5 Å². The van der Waals surface area contributed by atoms with Gasteiger partial charge in [-0.15, -0.1) is 0 Å². The molecule has 1 heterocycles. The van der Waals surface area contributed by atoms with Crippen LogP contribution < -0.4 is 5.32 Å². The number of aliphatic hydroxyl groups is 1. The highest BCUT2D eigenvalue weighted by Crippen LogP contribution is 2.36. The standard InChI is InChI=1S/C11H12BrClFNO/c12-7-5-8(10(14)9(13)6-7)11(16)1-3-15-4-2-11/h5-6,15-16H,1-4H2. The molecule has 16 heavy (non-hydrogen) atoms. The molecule has 0 aromatic heterocycles. The molecular weight excluding hydrogens is 296 g/mol. The van der Waals surface area contributed by atoms with Crippen molar-refractivity contribution < 1.29 is 9.50 Å². The Balaban J connectivity index is 2.45. The van der Waals surface area contributed by atoms with Crippen LogP contribution in [0.25, 0.3) is 0 Å². The number of halogens is 3. The second kappa shape index (κ2) is 4.61. The Kier molecular flexibility index (Phi) is 3.54. The summed E-state index contributed by atoms with van der Waals surface area (Å²) in [5, 5.41) is 13.6. The number of nitrogens with one attached hydrogen (secondary N) is 1. The van der Waals surface area contributed by atoms with E-state index in [0.29, 0.717) is 30.4 Å². The molecule has 0 spiro atoms. The van der Waals surface area contributed by atoms with Crippen molar-refractivity contribution in [2.24, 2.45) is 0 Å². The van der Waals surface area contributed by atoms with Crippen LogP contribution in [0.1, 0.15) is 18.4 Å². The summed E-state index contributed by atoms with van der Waals surface area (Å²) in [7, 11) is 0. The summed E-state index contributed by atoms with van der Waals surface area (Å²) in [6.45, 7) is 1.36. The third-order valence-corrected chi connectivity index (χ3v) is 3.66. The summed E-state index contributed by atoms with van der Waals surface area (Å²) in [5.41, 5.74) is -0.823. The van der Waals surface area contributed by atoms with Gasteiger partial charge in [0.1, 0.15) is 5.82 Å². The minimum Gasteiger partial charge on any atom is -0.385 e. The fourth-order valence-corrected chi connectivity index (χ4v) is 2.81. The highest BCUT2D eigenvalue weighted by molar-refractivity contribution is 9.10. The Labute approximate surface area is 107 Å². The number of piperidine rings is 1. The molecule has 0 radical (unpaired) electrons. The molecule has 0 aliphatic carbocycles. The average Bonchev–Trinajstić information content (AvgIpc) is 2.24. The van der Waals surface area contributed by atoms with Gasteiger partial charge in [0.25, 0.3) is 0 Å². The summed E-state index contributed by atoms with van der Waals surface area (Å²) >= 11 is 9.03. The quantitative estimate of drug-likeness (QED) is 0.782. The third-order valence-electron chi connectivity index (χ3n) is 2.93. The second-order valence-corrected chi connectivity index (χ2v) is 5.35. The molecule has 1 saturated heterocycles. The van der Waals surface area contributed by atoms with Gasteiger partial charge in [0, 0.05) is 10.0 Å². The van der Waals surface area contributed by atoms with Crippen molar-refractivity contribution in [2.45, 2.75) is 18.4 Å². The van der Waals surface area contributed by atoms with Crippen LogP contribution in [0, 0.1) is 5.82 Å². The summed E-state index contributed by atoms with van der Waals surface area (Å²) in [4.78, 5) is 0. The van der Waals surface area contributed by atoms with Crippen LogP contribution in [0.3, 0.4) is 0 Å². The first-order valence-corrected chi connectivity index (χ1v) is 6.28. The molecule has 2 N–H and O–H groups in total. The molecule has 1 aliphatic heterocycles. The fraction of sp³-hybridized carbons (Fsp3) is 0.455. The molecule has 1 aliphatic rings. The van der Waals surface area contributed by atoms with Gasteiger partial charge in [-0.2, -0.15) is 0 Å². The van der Waals surface area contributed by atoms with E-state index in [0.717, 1.165) is 0 Å². The van der Waals surface area contributed by atoms with Gasteiger partial charge in [0.15, 0.2) is 0 Å². The Bertz CT molecular complexity index is 407. The minimum absolute atomic E-state index is 0.0383. The van der Waals surface area contributed by atoms with Crippen molar-refractivity contribution in [3.8, 4) is 0 Å². The lowest BCUT2D eigenvalue weighted by Crippen LogP contribution is -2.40. The van der Waals surface area contributed by atoms with Crippen LogP contribution in [0.5, 0.6) is 0 Å². The van der Waals surface area contributed by atoms with Crippen molar-refractivity contribution >= 4 is 27.5 Å². The van der Waals surface area contributed by atoms with Crippen molar-refractivity contribution in [3.63, 3.8) is 0 Å². The smallest absolute Gasteiger partial charge is 0.147 e. The van der Waals surface area contributed by atoms with Crippen LogP contribution in [-0.4, -0.2) is 18.2 Å². The Morgan fingerprint density at radius 1 is 1.38 bits per heavy atom. The first-order chi connectivity index (χ1) is 7.53. The van der Waals surface area contributed by atoms with Gasteiger partial charge in [-0.05, 0) is 38.1 Å². The van der Waals surface area contributed by atoms with Gasteiger partial charge in [0.05, 0.1) is 10.6 Å². The van der Waals surface area contributed by atoms with Gasteiger partial charge in [0.2, 0.25) is 0 Å². The van der Waals surface area contributed by atoms with E-state index in [1.807, 2.05) is 0 Å². The van der Waals surface area contributed by atoms with Gasteiger partial charge < -0.3 is 10.4 Å². The molecule has 0 saturated carbocycles. The van der Waals surface area contributed by atoms with E-state index in [1.54, 1.807) is 6.07 Å². The zero-order chi connectivity index (χ0) is 11.8. The molecule has 2 nitrogen and oxygen atoms in total. The van der Waals surface area contributed by atoms with E-state index < -0.39 is 11.4 Å². The van der Waals surface area contributed by atoms with E-state index in [9.17, 15) is 9.50 Å². The second-order valence-electron chi connectivity index (χ2n) is 4.03. The van der Waals surface area contributed by atoms with Crippen LogP contribution in [0.15, 0.2) is 16.6 Å². The monoisotopic (exact) mass is 307 g/mol. The third kappa shape index (κ3) is 2.25. The Hall–Kier alpha value is -0.160. The van der Waals surface area contributed by atoms with Crippen molar-refractivity contribution in [3.05, 3.63) is 33.0 Å². The lowest BCUT2D eigenvalue weighted by atomic mass is 9.85. The summed E-state index contributed by atoms with van der Waals surface area (Å²) in [6.07, 6.45) is 0.993. The van der Waals surface area contributed by atoms with Gasteiger partial charge in [-0.25, -0.2) is 4.39 Å². The first kappa shape index (κ1) is 12.3. The Morgan fingerprint density at radius 2 is 2.00 bits per heavy atom. The maximum Gasteiger partial charge on any atom is 0.147 e. The van der Waals surface area contributed by atoms with Crippen molar-refractivity contribution in [2.75, 3.05) is 13.1 Å². The van der Waals surface area contributed by atoms with Gasteiger partial charge in [-0.1, -0.05) is 27.5 Å². The van der Waals surface area contributed by atoms with E-state index in [2.05, 4.69) is 21.2 Å². The molecule has 2 rings (SSSR count). The topological polar surface area (TPSA) is 32.3 Å². The molecule has 5 heteroatoms. The largest absolute Gasteiger partial charge is 0.385 e. The highest BCUT2D eigenvalue weighted by atomic mass is 79.9. The predicted molar refractivity (Wildman–Crippen MR) is 65.1 cm³/mol. The van der Waals surface area contributed by atoms with Crippen molar-refractivity contribution in [1.82, 2.24) is 5.32 Å². The van der Waals surface area contributed by atoms with E-state index in [4.69, 9.17) is 11.6 Å². The zero-order valence-electron chi connectivity index (χ0n) is 8.56. The van der Waals surface area contributed by atoms with Crippen LogP contribution in [0.4, 0.5) is 4.39 Å². The van der Waals surface area contributed by atoms with Gasteiger partial charge in [-0.3, -0.25) is 0 Å². The van der Waals surface area contributed by atoms with Gasteiger partial charge >= 0.3 is 0 Å². The predicted octanol–water partition coefficient (Wildman–Crippen LogP) is 2.81. The maximum atomic E-state index is 13.9. The van der Waals surface area contributed by atoms with Crippen molar-refractivity contribution in [1.29, 1.82) is 0 Å². The highest BCUT2D eigenvalue weighted by Gasteiger charge is 2.34. The SMILES string of the molecule is OC1(c2cc(Br)cc(Cl)c2F)CCNCC1. The fourth-order valence-electron chi connectivity index (χ4n) is 2.00.